The van der Waals surface area contributed by atoms with Gasteiger partial charge in [-0.3, -0.25) is 4.79 Å². The van der Waals surface area contributed by atoms with Crippen molar-refractivity contribution in [1.82, 2.24) is 0 Å². The number of hydrogen-bond donors (Lipinski definition) is 0. The molecule has 5 atom stereocenters. The molecular formula is C15H25IO3. The normalized spacial score (nSPS) is 39.2. The molecule has 2 fully saturated rings. The first-order valence-electron chi connectivity index (χ1n) is 7.56. The summed E-state index contributed by atoms with van der Waals surface area (Å²) >= 11 is 2.44. The quantitative estimate of drug-likeness (QED) is 0.424. The van der Waals surface area contributed by atoms with Crippen LogP contribution in [-0.2, 0) is 14.3 Å². The van der Waals surface area contributed by atoms with Crippen molar-refractivity contribution in [2.24, 2.45) is 11.8 Å². The van der Waals surface area contributed by atoms with Crippen LogP contribution in [0.5, 0.6) is 0 Å². The van der Waals surface area contributed by atoms with Gasteiger partial charge in [0.1, 0.15) is 0 Å². The van der Waals surface area contributed by atoms with Gasteiger partial charge in [0.25, 0.3) is 0 Å². The second-order valence-corrected chi connectivity index (χ2v) is 7.60. The summed E-state index contributed by atoms with van der Waals surface area (Å²) in [6.45, 7) is 4.66. The number of halogens is 1. The van der Waals surface area contributed by atoms with Crippen LogP contribution in [0.4, 0.5) is 0 Å². The first-order chi connectivity index (χ1) is 9.10. The van der Waals surface area contributed by atoms with Crippen LogP contribution < -0.4 is 0 Å². The third kappa shape index (κ3) is 4.31. The first-order valence-corrected chi connectivity index (χ1v) is 8.80. The number of hydrogen-bond acceptors (Lipinski definition) is 3. The number of rotatable bonds is 4. The molecule has 3 nitrogen and oxygen atoms in total. The van der Waals surface area contributed by atoms with E-state index in [1.807, 2.05) is 6.92 Å². The van der Waals surface area contributed by atoms with E-state index in [-0.39, 0.29) is 18.0 Å². The SMILES string of the molecule is CCOC(=O)C1CC(I)C(OC2CCCC(C)C2)C1. The van der Waals surface area contributed by atoms with Gasteiger partial charge in [-0.25, -0.2) is 0 Å². The summed E-state index contributed by atoms with van der Waals surface area (Å²) in [5.41, 5.74) is 0. The van der Waals surface area contributed by atoms with Gasteiger partial charge in [0.05, 0.1) is 24.7 Å². The molecule has 0 radical (unpaired) electrons. The highest BCUT2D eigenvalue weighted by atomic mass is 127. The van der Waals surface area contributed by atoms with Crippen molar-refractivity contribution in [2.75, 3.05) is 6.61 Å². The summed E-state index contributed by atoms with van der Waals surface area (Å²) in [5.74, 6) is 0.800. The van der Waals surface area contributed by atoms with Crippen molar-refractivity contribution in [3.8, 4) is 0 Å². The van der Waals surface area contributed by atoms with Gasteiger partial charge in [0.15, 0.2) is 0 Å². The molecule has 0 spiro atoms. The summed E-state index contributed by atoms with van der Waals surface area (Å²) in [6.07, 6.45) is 7.40. The molecule has 0 aromatic carbocycles. The molecular weight excluding hydrogens is 355 g/mol. The lowest BCUT2D eigenvalue weighted by Crippen LogP contribution is -2.29. The molecule has 110 valence electrons. The lowest BCUT2D eigenvalue weighted by atomic mass is 9.88. The Hall–Kier alpha value is 0.160. The Kier molecular flexibility index (Phi) is 5.93. The summed E-state index contributed by atoms with van der Waals surface area (Å²) in [5, 5.41) is 0. The largest absolute Gasteiger partial charge is 0.466 e. The van der Waals surface area contributed by atoms with Crippen LogP contribution in [0.2, 0.25) is 0 Å². The van der Waals surface area contributed by atoms with E-state index in [1.165, 1.54) is 25.7 Å². The molecule has 2 rings (SSSR count). The Labute approximate surface area is 129 Å². The van der Waals surface area contributed by atoms with Gasteiger partial charge < -0.3 is 9.47 Å². The van der Waals surface area contributed by atoms with Crippen molar-refractivity contribution >= 4 is 28.6 Å². The minimum Gasteiger partial charge on any atom is -0.466 e. The van der Waals surface area contributed by atoms with Crippen LogP contribution in [0.15, 0.2) is 0 Å². The molecule has 0 amide bonds. The van der Waals surface area contributed by atoms with E-state index >= 15 is 0 Å². The van der Waals surface area contributed by atoms with E-state index < -0.39 is 0 Å². The predicted octanol–water partition coefficient (Wildman–Crippen LogP) is 3.73. The Morgan fingerprint density at radius 3 is 2.74 bits per heavy atom. The highest BCUT2D eigenvalue weighted by Gasteiger charge is 2.39. The number of ether oxygens (including phenoxy) is 2. The maximum atomic E-state index is 11.8. The van der Waals surface area contributed by atoms with Gasteiger partial charge in [0, 0.05) is 3.92 Å². The lowest BCUT2D eigenvalue weighted by Gasteiger charge is -2.30. The van der Waals surface area contributed by atoms with Gasteiger partial charge in [-0.15, -0.1) is 0 Å². The highest BCUT2D eigenvalue weighted by molar-refractivity contribution is 14.1. The van der Waals surface area contributed by atoms with Gasteiger partial charge in [0.2, 0.25) is 0 Å². The van der Waals surface area contributed by atoms with Gasteiger partial charge >= 0.3 is 5.97 Å². The fraction of sp³-hybridized carbons (Fsp3) is 0.933. The topological polar surface area (TPSA) is 35.5 Å². The third-order valence-electron chi connectivity index (χ3n) is 4.31. The molecule has 4 heteroatoms. The fourth-order valence-corrected chi connectivity index (χ4v) is 4.37. The van der Waals surface area contributed by atoms with Crippen molar-refractivity contribution in [3.63, 3.8) is 0 Å². The lowest BCUT2D eigenvalue weighted by molar-refractivity contribution is -0.148. The van der Waals surface area contributed by atoms with Crippen molar-refractivity contribution in [3.05, 3.63) is 0 Å². The summed E-state index contributed by atoms with van der Waals surface area (Å²) in [6, 6.07) is 0. The Morgan fingerprint density at radius 2 is 2.05 bits per heavy atom. The minimum atomic E-state index is -0.0349. The van der Waals surface area contributed by atoms with Crippen LogP contribution in [0, 0.1) is 11.8 Å². The minimum absolute atomic E-state index is 0.0349. The summed E-state index contributed by atoms with van der Waals surface area (Å²) in [7, 11) is 0. The maximum absolute atomic E-state index is 11.8. The molecule has 19 heavy (non-hydrogen) atoms. The van der Waals surface area contributed by atoms with E-state index in [9.17, 15) is 4.79 Å². The zero-order valence-corrected chi connectivity index (χ0v) is 14.1. The zero-order valence-electron chi connectivity index (χ0n) is 11.9. The third-order valence-corrected chi connectivity index (χ3v) is 5.62. The molecule has 2 saturated carbocycles. The second kappa shape index (κ2) is 7.25. The van der Waals surface area contributed by atoms with Gasteiger partial charge in [-0.2, -0.15) is 0 Å². The molecule has 5 unspecified atom stereocenters. The van der Waals surface area contributed by atoms with Crippen molar-refractivity contribution < 1.29 is 14.3 Å². The molecule has 0 N–H and O–H groups in total. The predicted molar refractivity (Wildman–Crippen MR) is 83.5 cm³/mol. The van der Waals surface area contributed by atoms with Crippen LogP contribution in [0.25, 0.3) is 0 Å². The molecule has 0 aliphatic heterocycles. The van der Waals surface area contributed by atoms with Crippen LogP contribution in [0.1, 0.15) is 52.4 Å². The molecule has 0 aromatic rings. The maximum Gasteiger partial charge on any atom is 0.309 e. The smallest absolute Gasteiger partial charge is 0.309 e. The highest BCUT2D eigenvalue weighted by Crippen LogP contribution is 2.37. The Morgan fingerprint density at radius 1 is 1.26 bits per heavy atom. The van der Waals surface area contributed by atoms with E-state index in [0.29, 0.717) is 16.6 Å². The molecule has 2 aliphatic rings. The monoisotopic (exact) mass is 380 g/mol. The standard InChI is InChI=1S/C15H25IO3/c1-3-18-15(17)11-8-13(16)14(9-11)19-12-6-4-5-10(2)7-12/h10-14H,3-9H2,1-2H3. The van der Waals surface area contributed by atoms with E-state index in [1.54, 1.807) is 0 Å². The number of esters is 1. The van der Waals surface area contributed by atoms with Gasteiger partial charge in [-0.05, 0) is 38.5 Å². The fourth-order valence-electron chi connectivity index (χ4n) is 3.29. The van der Waals surface area contributed by atoms with Crippen LogP contribution in [0.3, 0.4) is 0 Å². The number of alkyl halides is 1. The number of carbonyl (C=O) groups excluding carboxylic acids is 1. The average molecular weight is 380 g/mol. The van der Waals surface area contributed by atoms with Crippen LogP contribution >= 0.6 is 22.6 Å². The zero-order chi connectivity index (χ0) is 13.8. The second-order valence-electron chi connectivity index (χ2n) is 6.00. The van der Waals surface area contributed by atoms with Gasteiger partial charge in [-0.1, -0.05) is 42.4 Å². The van der Waals surface area contributed by atoms with E-state index in [2.05, 4.69) is 29.5 Å². The first kappa shape index (κ1) is 15.5. The molecule has 2 aliphatic carbocycles. The summed E-state index contributed by atoms with van der Waals surface area (Å²) in [4.78, 5) is 11.8. The van der Waals surface area contributed by atoms with E-state index in [4.69, 9.17) is 9.47 Å². The van der Waals surface area contributed by atoms with E-state index in [0.717, 1.165) is 18.8 Å². The Balaban J connectivity index is 1.82. The number of carbonyl (C=O) groups is 1. The summed E-state index contributed by atoms with van der Waals surface area (Å²) < 4.78 is 11.9. The van der Waals surface area contributed by atoms with Crippen LogP contribution in [-0.4, -0.2) is 28.7 Å². The molecule has 0 heterocycles. The molecule has 0 aromatic heterocycles. The average Bonchev–Trinajstić information content (AvgIpc) is 2.71. The molecule has 0 saturated heterocycles. The Bertz CT molecular complexity index is 308. The van der Waals surface area contributed by atoms with Crippen molar-refractivity contribution in [1.29, 1.82) is 0 Å². The molecule has 0 bridgehead atoms. The van der Waals surface area contributed by atoms with Crippen molar-refractivity contribution in [2.45, 2.75) is 68.5 Å².